The van der Waals surface area contributed by atoms with Crippen molar-refractivity contribution in [1.82, 2.24) is 4.90 Å². The minimum atomic E-state index is -2.06. The van der Waals surface area contributed by atoms with Gasteiger partial charge in [0.25, 0.3) is 5.91 Å². The molecule has 0 aromatic heterocycles. The van der Waals surface area contributed by atoms with Gasteiger partial charge >= 0.3 is 6.09 Å². The average molecular weight is 418 g/mol. The quantitative estimate of drug-likeness (QED) is 0.540. The van der Waals surface area contributed by atoms with Crippen LogP contribution in [0.4, 0.5) is 4.79 Å². The van der Waals surface area contributed by atoms with Crippen LogP contribution in [0.25, 0.3) is 0 Å². The van der Waals surface area contributed by atoms with Crippen LogP contribution in [0.2, 0.25) is 18.1 Å². The summed E-state index contributed by atoms with van der Waals surface area (Å²) in [5.74, 6) is -0.369. The molecule has 1 aliphatic rings. The number of hydrogen-bond donors (Lipinski definition) is 0. The molecule has 0 bridgehead atoms. The van der Waals surface area contributed by atoms with E-state index in [4.69, 9.17) is 9.16 Å². The normalized spacial score (nSPS) is 19.3. The fourth-order valence-electron chi connectivity index (χ4n) is 3.90. The zero-order valence-corrected chi connectivity index (χ0v) is 19.8. The van der Waals surface area contributed by atoms with Gasteiger partial charge in [-0.25, -0.2) is 9.69 Å². The predicted octanol–water partition coefficient (Wildman–Crippen LogP) is 5.63. The first kappa shape index (κ1) is 23.4. The highest BCUT2D eigenvalue weighted by molar-refractivity contribution is 6.73. The molecule has 1 heterocycles. The largest absolute Gasteiger partial charge is 0.443 e. The zero-order chi connectivity index (χ0) is 21.9. The molecule has 0 N–H and O–H groups in total. The van der Waals surface area contributed by atoms with E-state index in [1.54, 1.807) is 26.8 Å². The summed E-state index contributed by atoms with van der Waals surface area (Å²) in [7, 11) is -2.06. The molecule has 160 valence electrons. The summed E-state index contributed by atoms with van der Waals surface area (Å²) in [4.78, 5) is 26.8. The Kier molecular flexibility index (Phi) is 7.12. The molecular weight excluding hydrogens is 382 g/mol. The standard InChI is InChI=1S/C23H35NO4Si/c1-8-29(9-2,10-3)28-23(7,18-14-12-11-13-15-18)19-16-17-20(25)24(19)21(26)27-22(4,5)6/h11-17,19H,8-10H2,1-7H3/t19-,23+/m0/s1. The Balaban J connectivity index is 2.54. The number of ether oxygens (including phenoxy) is 1. The summed E-state index contributed by atoms with van der Waals surface area (Å²) in [5, 5.41) is 0. The number of hydrogen-bond acceptors (Lipinski definition) is 4. The summed E-state index contributed by atoms with van der Waals surface area (Å²) in [6.45, 7) is 13.9. The molecule has 2 atom stereocenters. The fourth-order valence-corrected chi connectivity index (χ4v) is 6.97. The van der Waals surface area contributed by atoms with E-state index in [-0.39, 0.29) is 5.91 Å². The van der Waals surface area contributed by atoms with Crippen molar-refractivity contribution < 1.29 is 18.8 Å². The Bertz CT molecular complexity index is 744. The van der Waals surface area contributed by atoms with Gasteiger partial charge in [-0.3, -0.25) is 4.79 Å². The second-order valence-corrected chi connectivity index (χ2v) is 13.5. The second kappa shape index (κ2) is 8.84. The van der Waals surface area contributed by atoms with Gasteiger partial charge in [0, 0.05) is 6.08 Å². The van der Waals surface area contributed by atoms with Gasteiger partial charge in [-0.1, -0.05) is 57.2 Å². The van der Waals surface area contributed by atoms with E-state index in [1.165, 1.54) is 11.0 Å². The van der Waals surface area contributed by atoms with Crippen molar-refractivity contribution in [2.75, 3.05) is 0 Å². The van der Waals surface area contributed by atoms with Crippen molar-refractivity contribution in [2.45, 2.75) is 83.8 Å². The smallest absolute Gasteiger partial charge is 0.417 e. The van der Waals surface area contributed by atoms with Gasteiger partial charge in [0.05, 0.1) is 6.04 Å². The van der Waals surface area contributed by atoms with Gasteiger partial charge in [0.2, 0.25) is 0 Å². The Morgan fingerprint density at radius 3 is 2.07 bits per heavy atom. The molecule has 29 heavy (non-hydrogen) atoms. The van der Waals surface area contributed by atoms with Gasteiger partial charge in [0.15, 0.2) is 8.32 Å². The van der Waals surface area contributed by atoms with E-state index in [9.17, 15) is 9.59 Å². The predicted molar refractivity (Wildman–Crippen MR) is 118 cm³/mol. The first-order valence-electron chi connectivity index (χ1n) is 10.5. The molecule has 0 saturated heterocycles. The Hall–Kier alpha value is -1.92. The lowest BCUT2D eigenvalue weighted by Gasteiger charge is -2.45. The Morgan fingerprint density at radius 1 is 1.03 bits per heavy atom. The maximum absolute atomic E-state index is 12.9. The summed E-state index contributed by atoms with van der Waals surface area (Å²) < 4.78 is 12.5. The SMILES string of the molecule is CC[Si](CC)(CC)O[C@](C)(c1ccccc1)[C@@H]1C=CC(=O)N1C(=O)OC(C)(C)C. The van der Waals surface area contributed by atoms with Gasteiger partial charge in [-0.05, 0) is 51.4 Å². The van der Waals surface area contributed by atoms with Crippen LogP contribution in [0.3, 0.4) is 0 Å². The van der Waals surface area contributed by atoms with Gasteiger partial charge in [-0.15, -0.1) is 0 Å². The second-order valence-electron chi connectivity index (χ2n) is 8.81. The number of carbonyl (C=O) groups is 2. The van der Waals surface area contributed by atoms with Crippen molar-refractivity contribution in [2.24, 2.45) is 0 Å². The van der Waals surface area contributed by atoms with Crippen LogP contribution in [0.1, 0.15) is 54.0 Å². The molecule has 0 aliphatic carbocycles. The fraction of sp³-hybridized carbons (Fsp3) is 0.565. The Labute approximate surface area is 176 Å². The molecule has 1 aliphatic heterocycles. The third-order valence-electron chi connectivity index (χ3n) is 5.80. The Morgan fingerprint density at radius 2 is 1.59 bits per heavy atom. The first-order chi connectivity index (χ1) is 13.5. The monoisotopic (exact) mass is 417 g/mol. The van der Waals surface area contributed by atoms with Crippen molar-refractivity contribution >= 4 is 20.3 Å². The van der Waals surface area contributed by atoms with Crippen LogP contribution in [0, 0.1) is 0 Å². The maximum atomic E-state index is 12.9. The molecule has 0 unspecified atom stereocenters. The van der Waals surface area contributed by atoms with Crippen LogP contribution < -0.4 is 0 Å². The van der Waals surface area contributed by atoms with Crippen molar-refractivity contribution in [3.8, 4) is 0 Å². The number of amides is 2. The van der Waals surface area contributed by atoms with E-state index >= 15 is 0 Å². The first-order valence-corrected chi connectivity index (χ1v) is 13.0. The van der Waals surface area contributed by atoms with Gasteiger partial charge in [0.1, 0.15) is 11.2 Å². The lowest BCUT2D eigenvalue weighted by Crippen LogP contribution is -2.56. The number of rotatable bonds is 7. The minimum absolute atomic E-state index is 0.369. The molecule has 5 nitrogen and oxygen atoms in total. The molecule has 1 aromatic rings. The summed E-state index contributed by atoms with van der Waals surface area (Å²) >= 11 is 0. The third-order valence-corrected chi connectivity index (χ3v) is 10.5. The summed E-state index contributed by atoms with van der Waals surface area (Å²) in [5.41, 5.74) is -0.594. The molecule has 2 rings (SSSR count). The topological polar surface area (TPSA) is 55.8 Å². The highest BCUT2D eigenvalue weighted by Crippen LogP contribution is 2.41. The lowest BCUT2D eigenvalue weighted by molar-refractivity contribution is -0.129. The van der Waals surface area contributed by atoms with E-state index < -0.39 is 31.7 Å². The lowest BCUT2D eigenvalue weighted by atomic mass is 9.88. The molecule has 2 amide bonds. The zero-order valence-electron chi connectivity index (χ0n) is 18.8. The van der Waals surface area contributed by atoms with Crippen LogP contribution in [0.15, 0.2) is 42.5 Å². The maximum Gasteiger partial charge on any atom is 0.417 e. The molecule has 0 radical (unpaired) electrons. The average Bonchev–Trinajstić information content (AvgIpc) is 3.08. The third kappa shape index (κ3) is 4.98. The van der Waals surface area contributed by atoms with Crippen molar-refractivity contribution in [1.29, 1.82) is 0 Å². The van der Waals surface area contributed by atoms with Crippen LogP contribution in [-0.2, 0) is 19.6 Å². The molecular formula is C23H35NO4Si. The van der Waals surface area contributed by atoms with E-state index in [2.05, 4.69) is 20.8 Å². The summed E-state index contributed by atoms with van der Waals surface area (Å²) in [6.07, 6.45) is 2.59. The number of benzene rings is 1. The van der Waals surface area contributed by atoms with Gasteiger partial charge < -0.3 is 9.16 Å². The molecule has 0 fully saturated rings. The number of imide groups is 1. The summed E-state index contributed by atoms with van der Waals surface area (Å²) in [6, 6.07) is 12.2. The van der Waals surface area contributed by atoms with Crippen LogP contribution >= 0.6 is 0 Å². The molecule has 6 heteroatoms. The molecule has 1 aromatic carbocycles. The highest BCUT2D eigenvalue weighted by Gasteiger charge is 2.50. The van der Waals surface area contributed by atoms with E-state index in [0.717, 1.165) is 23.7 Å². The number of carbonyl (C=O) groups excluding carboxylic acids is 2. The number of nitrogens with zero attached hydrogens (tertiary/aromatic N) is 1. The van der Waals surface area contributed by atoms with Gasteiger partial charge in [-0.2, -0.15) is 0 Å². The van der Waals surface area contributed by atoms with Crippen molar-refractivity contribution in [3.63, 3.8) is 0 Å². The van der Waals surface area contributed by atoms with E-state index in [1.807, 2.05) is 37.3 Å². The van der Waals surface area contributed by atoms with Crippen LogP contribution in [0.5, 0.6) is 0 Å². The highest BCUT2D eigenvalue weighted by atomic mass is 28.4. The minimum Gasteiger partial charge on any atom is -0.443 e. The van der Waals surface area contributed by atoms with Crippen LogP contribution in [-0.4, -0.2) is 36.9 Å². The molecule has 0 saturated carbocycles. The van der Waals surface area contributed by atoms with E-state index in [0.29, 0.717) is 0 Å². The molecule has 0 spiro atoms. The van der Waals surface area contributed by atoms with Crippen molar-refractivity contribution in [3.05, 3.63) is 48.0 Å².